The summed E-state index contributed by atoms with van der Waals surface area (Å²) in [6.07, 6.45) is 4.29. The van der Waals surface area contributed by atoms with E-state index < -0.39 is 0 Å². The van der Waals surface area contributed by atoms with Gasteiger partial charge in [0, 0.05) is 11.6 Å². The minimum atomic E-state index is 0.819. The van der Waals surface area contributed by atoms with Crippen molar-refractivity contribution < 1.29 is 14.6 Å². The van der Waals surface area contributed by atoms with Crippen molar-refractivity contribution in [2.24, 2.45) is 0 Å². The van der Waals surface area contributed by atoms with Crippen molar-refractivity contribution >= 4 is 5.82 Å². The molecule has 1 aliphatic heterocycles. The first kappa shape index (κ1) is 16.8. The molecule has 0 atom stereocenters. The van der Waals surface area contributed by atoms with E-state index in [2.05, 4.69) is 53.2 Å². The van der Waals surface area contributed by atoms with E-state index in [9.17, 15) is 0 Å². The van der Waals surface area contributed by atoms with Crippen molar-refractivity contribution in [2.75, 3.05) is 37.7 Å². The summed E-state index contributed by atoms with van der Waals surface area (Å²) >= 11 is 0. The van der Waals surface area contributed by atoms with Crippen molar-refractivity contribution in [3.05, 3.63) is 54.2 Å². The van der Waals surface area contributed by atoms with E-state index in [0.717, 1.165) is 38.4 Å². The molecule has 0 saturated carbocycles. The number of unbranched alkanes of at least 4 members (excludes halogenated alkanes) is 1. The Kier molecular flexibility index (Phi) is 6.07. The molecule has 128 valence electrons. The number of anilines is 1. The highest BCUT2D eigenvalue weighted by molar-refractivity contribution is 5.32. The van der Waals surface area contributed by atoms with Crippen LogP contribution in [-0.4, -0.2) is 32.8 Å². The van der Waals surface area contributed by atoms with Gasteiger partial charge in [-0.05, 0) is 36.8 Å². The molecule has 1 aliphatic rings. The molecule has 1 fully saturated rings. The molecule has 1 aromatic carbocycles. The van der Waals surface area contributed by atoms with Crippen LogP contribution < -0.4 is 19.5 Å². The zero-order valence-corrected chi connectivity index (χ0v) is 14.6. The first-order valence-electron chi connectivity index (χ1n) is 9.12. The number of piperazine rings is 1. The number of nitrogens with zero attached hydrogens (tertiary/aromatic N) is 1. The van der Waals surface area contributed by atoms with Gasteiger partial charge < -0.3 is 9.64 Å². The molecule has 2 heterocycles. The van der Waals surface area contributed by atoms with E-state index in [-0.39, 0.29) is 0 Å². The zero-order chi connectivity index (χ0) is 16.6. The van der Waals surface area contributed by atoms with Gasteiger partial charge in [-0.15, -0.1) is 0 Å². The van der Waals surface area contributed by atoms with Crippen LogP contribution in [0.4, 0.5) is 5.82 Å². The number of quaternary nitrogens is 1. The molecule has 0 radical (unpaired) electrons. The van der Waals surface area contributed by atoms with Gasteiger partial charge in [0.1, 0.15) is 38.5 Å². The summed E-state index contributed by atoms with van der Waals surface area (Å²) < 4.78 is 5.74. The maximum Gasteiger partial charge on any atom is 0.274 e. The summed E-state index contributed by atoms with van der Waals surface area (Å²) in [5.41, 5.74) is 1.40. The molecule has 0 unspecified atom stereocenters. The fourth-order valence-corrected chi connectivity index (χ4v) is 3.15. The number of rotatable bonds is 7. The number of aromatic amines is 1. The van der Waals surface area contributed by atoms with Gasteiger partial charge >= 0.3 is 0 Å². The van der Waals surface area contributed by atoms with E-state index in [1.807, 2.05) is 12.3 Å². The Morgan fingerprint density at radius 2 is 1.88 bits per heavy atom. The summed E-state index contributed by atoms with van der Waals surface area (Å²) in [7, 11) is 0. The normalized spacial score (nSPS) is 15.5. The molecule has 0 bridgehead atoms. The Morgan fingerprint density at radius 1 is 1.08 bits per heavy atom. The van der Waals surface area contributed by atoms with Crippen LogP contribution in [0.2, 0.25) is 0 Å². The molecule has 2 N–H and O–H groups in total. The Balaban J connectivity index is 1.46. The Morgan fingerprint density at radius 3 is 2.54 bits per heavy atom. The van der Waals surface area contributed by atoms with Crippen molar-refractivity contribution in [3.63, 3.8) is 0 Å². The summed E-state index contributed by atoms with van der Waals surface area (Å²) in [5, 5.41) is 0. The minimum Gasteiger partial charge on any atom is -0.494 e. The lowest BCUT2D eigenvalue weighted by Crippen LogP contribution is -3.13. The molecule has 2 aromatic rings. The van der Waals surface area contributed by atoms with Crippen molar-refractivity contribution in [1.82, 2.24) is 0 Å². The van der Waals surface area contributed by atoms with Crippen LogP contribution in [-0.2, 0) is 6.54 Å². The minimum absolute atomic E-state index is 0.819. The molecule has 24 heavy (non-hydrogen) atoms. The third-order valence-corrected chi connectivity index (χ3v) is 4.65. The average Bonchev–Trinajstić information content (AvgIpc) is 2.65. The Bertz CT molecular complexity index is 592. The summed E-state index contributed by atoms with van der Waals surface area (Å²) in [5.74, 6) is 2.22. The summed E-state index contributed by atoms with van der Waals surface area (Å²) in [6.45, 7) is 8.67. The van der Waals surface area contributed by atoms with Crippen molar-refractivity contribution in [1.29, 1.82) is 0 Å². The van der Waals surface area contributed by atoms with Gasteiger partial charge in [0.2, 0.25) is 0 Å². The standard InChI is InChI=1S/C20H27N3O/c1-2-3-16-24-19-9-7-18(8-10-19)17-22-12-14-23(15-13-22)20-6-4-5-11-21-20/h4-11H,2-3,12-17H2,1H3/p+2. The molecule has 0 amide bonds. The zero-order valence-electron chi connectivity index (χ0n) is 14.6. The smallest absolute Gasteiger partial charge is 0.274 e. The molecule has 1 saturated heterocycles. The number of pyridine rings is 1. The van der Waals surface area contributed by atoms with Gasteiger partial charge in [-0.1, -0.05) is 19.4 Å². The number of H-pyrrole nitrogens is 1. The van der Waals surface area contributed by atoms with Crippen LogP contribution in [0.5, 0.6) is 5.75 Å². The molecular formula is C20H29N3O+2. The van der Waals surface area contributed by atoms with E-state index in [1.54, 1.807) is 4.90 Å². The molecule has 0 spiro atoms. The topological polar surface area (TPSA) is 31.1 Å². The highest BCUT2D eigenvalue weighted by Gasteiger charge is 2.25. The monoisotopic (exact) mass is 327 g/mol. The number of ether oxygens (including phenoxy) is 1. The van der Waals surface area contributed by atoms with E-state index in [1.165, 1.54) is 30.9 Å². The van der Waals surface area contributed by atoms with Gasteiger partial charge in [0.05, 0.1) is 12.8 Å². The van der Waals surface area contributed by atoms with E-state index >= 15 is 0 Å². The van der Waals surface area contributed by atoms with Crippen molar-refractivity contribution in [3.8, 4) is 5.75 Å². The first-order chi connectivity index (χ1) is 11.8. The molecule has 4 nitrogen and oxygen atoms in total. The molecular weight excluding hydrogens is 298 g/mol. The third-order valence-electron chi connectivity index (χ3n) is 4.65. The number of benzene rings is 1. The predicted octanol–water partition coefficient (Wildman–Crippen LogP) is 1.58. The fourth-order valence-electron chi connectivity index (χ4n) is 3.15. The van der Waals surface area contributed by atoms with Crippen LogP contribution in [0.1, 0.15) is 25.3 Å². The first-order valence-corrected chi connectivity index (χ1v) is 9.12. The molecule has 3 rings (SSSR count). The van der Waals surface area contributed by atoms with Crippen LogP contribution in [0.3, 0.4) is 0 Å². The number of nitrogens with one attached hydrogen (secondary N) is 2. The van der Waals surface area contributed by atoms with Crippen LogP contribution in [0, 0.1) is 0 Å². The van der Waals surface area contributed by atoms with Gasteiger partial charge in [0.15, 0.2) is 0 Å². The van der Waals surface area contributed by atoms with Crippen LogP contribution in [0.15, 0.2) is 48.7 Å². The Hall–Kier alpha value is -2.07. The van der Waals surface area contributed by atoms with E-state index in [4.69, 9.17) is 4.74 Å². The highest BCUT2D eigenvalue weighted by atomic mass is 16.5. The maximum absolute atomic E-state index is 5.74. The lowest BCUT2D eigenvalue weighted by Gasteiger charge is -2.28. The number of hydrogen-bond acceptors (Lipinski definition) is 2. The maximum atomic E-state index is 5.74. The summed E-state index contributed by atoms with van der Waals surface area (Å²) in [4.78, 5) is 7.43. The lowest BCUT2D eigenvalue weighted by atomic mass is 10.2. The second-order valence-corrected chi connectivity index (χ2v) is 6.51. The summed E-state index contributed by atoms with van der Waals surface area (Å²) in [6, 6.07) is 14.9. The van der Waals surface area contributed by atoms with Crippen molar-refractivity contribution in [2.45, 2.75) is 26.3 Å². The van der Waals surface area contributed by atoms with Crippen LogP contribution in [0.25, 0.3) is 0 Å². The van der Waals surface area contributed by atoms with Gasteiger partial charge in [-0.2, -0.15) is 0 Å². The number of aromatic nitrogens is 1. The third kappa shape index (κ3) is 4.71. The second kappa shape index (κ2) is 8.69. The molecule has 4 heteroatoms. The largest absolute Gasteiger partial charge is 0.494 e. The number of hydrogen-bond donors (Lipinski definition) is 1. The highest BCUT2D eigenvalue weighted by Crippen LogP contribution is 2.12. The average molecular weight is 327 g/mol. The lowest BCUT2D eigenvalue weighted by molar-refractivity contribution is -0.914. The van der Waals surface area contributed by atoms with Gasteiger partial charge in [-0.25, -0.2) is 4.98 Å². The fraction of sp³-hybridized carbons (Fsp3) is 0.450. The van der Waals surface area contributed by atoms with Crippen LogP contribution >= 0.6 is 0 Å². The SMILES string of the molecule is CCCCOc1ccc(C[NH+]2CCN(c3cccc[nH+]3)CC2)cc1. The molecule has 0 aliphatic carbocycles. The molecule has 1 aromatic heterocycles. The predicted molar refractivity (Wildman–Crippen MR) is 96.5 cm³/mol. The quantitative estimate of drug-likeness (QED) is 0.783. The van der Waals surface area contributed by atoms with E-state index in [0.29, 0.717) is 0 Å². The van der Waals surface area contributed by atoms with Gasteiger partial charge in [0.25, 0.3) is 5.82 Å². The Labute approximate surface area is 145 Å². The second-order valence-electron chi connectivity index (χ2n) is 6.51. The van der Waals surface area contributed by atoms with Gasteiger partial charge in [-0.3, -0.25) is 4.90 Å².